The van der Waals surface area contributed by atoms with Crippen LogP contribution in [0.15, 0.2) is 30.4 Å². The summed E-state index contributed by atoms with van der Waals surface area (Å²) < 4.78 is 5.77. The van der Waals surface area contributed by atoms with Crippen molar-refractivity contribution in [1.29, 1.82) is 0 Å². The molecule has 0 aliphatic carbocycles. The lowest BCUT2D eigenvalue weighted by Gasteiger charge is -2.21. The summed E-state index contributed by atoms with van der Waals surface area (Å²) in [6.45, 7) is 12.1. The van der Waals surface area contributed by atoms with Crippen molar-refractivity contribution in [3.8, 4) is 5.75 Å². The van der Waals surface area contributed by atoms with Gasteiger partial charge < -0.3 is 10.1 Å². The van der Waals surface area contributed by atoms with E-state index in [1.54, 1.807) is 0 Å². The van der Waals surface area contributed by atoms with Gasteiger partial charge in [-0.25, -0.2) is 0 Å². The van der Waals surface area contributed by atoms with Gasteiger partial charge in [0.15, 0.2) is 0 Å². The van der Waals surface area contributed by atoms with Crippen LogP contribution in [0.25, 0.3) is 0 Å². The molecule has 100 valence electrons. The topological polar surface area (TPSA) is 21.3 Å². The van der Waals surface area contributed by atoms with Crippen molar-refractivity contribution in [3.63, 3.8) is 0 Å². The Labute approximate surface area is 111 Å². The molecule has 0 atom stereocenters. The van der Waals surface area contributed by atoms with Gasteiger partial charge in [0.2, 0.25) is 0 Å². The van der Waals surface area contributed by atoms with Gasteiger partial charge in [-0.15, -0.1) is 0 Å². The van der Waals surface area contributed by atoms with Crippen LogP contribution in [0, 0.1) is 6.92 Å². The van der Waals surface area contributed by atoms with Crippen LogP contribution in [-0.4, -0.2) is 12.1 Å². The highest BCUT2D eigenvalue weighted by atomic mass is 16.5. The van der Waals surface area contributed by atoms with Crippen molar-refractivity contribution < 1.29 is 4.74 Å². The number of aryl methyl sites for hydroxylation is 1. The van der Waals surface area contributed by atoms with E-state index in [2.05, 4.69) is 51.2 Å². The second-order valence-corrected chi connectivity index (χ2v) is 5.59. The molecule has 0 aliphatic heterocycles. The second kappa shape index (κ2) is 6.60. The molecule has 0 aromatic heterocycles. The van der Waals surface area contributed by atoms with Gasteiger partial charge in [-0.3, -0.25) is 0 Å². The average molecular weight is 247 g/mol. The number of rotatable bonds is 5. The molecule has 0 bridgehead atoms. The first-order valence-electron chi connectivity index (χ1n) is 6.51. The van der Waals surface area contributed by atoms with E-state index in [-0.39, 0.29) is 5.54 Å². The predicted molar refractivity (Wildman–Crippen MR) is 78.1 cm³/mol. The first-order valence-corrected chi connectivity index (χ1v) is 6.51. The third-order valence-corrected chi connectivity index (χ3v) is 2.60. The Hall–Kier alpha value is -1.28. The molecular weight excluding hydrogens is 222 g/mol. The molecule has 1 N–H and O–H groups in total. The van der Waals surface area contributed by atoms with Crippen molar-refractivity contribution in [1.82, 2.24) is 5.32 Å². The zero-order chi connectivity index (χ0) is 13.6. The van der Waals surface area contributed by atoms with Crippen molar-refractivity contribution in [2.75, 3.05) is 6.61 Å². The lowest BCUT2D eigenvalue weighted by molar-refractivity contribution is 0.352. The summed E-state index contributed by atoms with van der Waals surface area (Å²) in [6, 6.07) is 6.33. The Kier molecular flexibility index (Phi) is 5.42. The molecule has 1 rings (SSSR count). The number of benzene rings is 1. The van der Waals surface area contributed by atoms with E-state index < -0.39 is 0 Å². The fourth-order valence-electron chi connectivity index (χ4n) is 1.58. The zero-order valence-electron chi connectivity index (χ0n) is 12.2. The zero-order valence-corrected chi connectivity index (χ0v) is 12.2. The van der Waals surface area contributed by atoms with E-state index in [0.29, 0.717) is 6.61 Å². The van der Waals surface area contributed by atoms with Gasteiger partial charge in [0.25, 0.3) is 0 Å². The lowest BCUT2D eigenvalue weighted by Crippen LogP contribution is -2.35. The molecule has 0 unspecified atom stereocenters. The molecule has 0 spiro atoms. The lowest BCUT2D eigenvalue weighted by atomic mass is 10.1. The van der Waals surface area contributed by atoms with Gasteiger partial charge in [0.05, 0.1) is 0 Å². The number of hydrogen-bond donors (Lipinski definition) is 1. The maximum atomic E-state index is 5.77. The molecule has 2 nitrogen and oxygen atoms in total. The Morgan fingerprint density at radius 1 is 1.28 bits per heavy atom. The normalized spacial score (nSPS) is 12.1. The third-order valence-electron chi connectivity index (χ3n) is 2.60. The largest absolute Gasteiger partial charge is 0.489 e. The number of allylic oxidation sites excluding steroid dienone is 1. The molecule has 1 aromatic rings. The van der Waals surface area contributed by atoms with E-state index >= 15 is 0 Å². The molecule has 0 radical (unpaired) electrons. The quantitative estimate of drug-likeness (QED) is 0.798. The molecule has 0 heterocycles. The van der Waals surface area contributed by atoms with Crippen molar-refractivity contribution in [2.45, 2.75) is 46.7 Å². The van der Waals surface area contributed by atoms with Gasteiger partial charge in [-0.2, -0.15) is 0 Å². The minimum Gasteiger partial charge on any atom is -0.489 e. The van der Waals surface area contributed by atoms with Gasteiger partial charge in [-0.05, 0) is 40.7 Å². The Balaban J connectivity index is 2.76. The fraction of sp³-hybridized carbons (Fsp3) is 0.500. The van der Waals surface area contributed by atoms with Crippen LogP contribution in [0.2, 0.25) is 0 Å². The summed E-state index contributed by atoms with van der Waals surface area (Å²) in [5.74, 6) is 0.968. The van der Waals surface area contributed by atoms with Crippen LogP contribution >= 0.6 is 0 Å². The smallest absolute Gasteiger partial charge is 0.124 e. The van der Waals surface area contributed by atoms with E-state index in [0.717, 1.165) is 12.3 Å². The first kappa shape index (κ1) is 14.8. The molecule has 1 aromatic carbocycles. The molecule has 18 heavy (non-hydrogen) atoms. The van der Waals surface area contributed by atoms with Gasteiger partial charge in [-0.1, -0.05) is 29.8 Å². The highest BCUT2D eigenvalue weighted by molar-refractivity contribution is 5.37. The summed E-state index contributed by atoms with van der Waals surface area (Å²) in [5, 5.41) is 3.50. The second-order valence-electron chi connectivity index (χ2n) is 5.59. The maximum absolute atomic E-state index is 5.77. The minimum absolute atomic E-state index is 0.115. The molecule has 0 aliphatic rings. The van der Waals surface area contributed by atoms with Gasteiger partial charge >= 0.3 is 0 Å². The van der Waals surface area contributed by atoms with Gasteiger partial charge in [0, 0.05) is 17.6 Å². The third kappa shape index (κ3) is 5.37. The van der Waals surface area contributed by atoms with Crippen LogP contribution in [0.4, 0.5) is 0 Å². The van der Waals surface area contributed by atoms with Crippen LogP contribution < -0.4 is 10.1 Å². The Bertz CT molecular complexity index is 402. The number of hydrogen-bond acceptors (Lipinski definition) is 2. The van der Waals surface area contributed by atoms with Gasteiger partial charge in [0.1, 0.15) is 12.4 Å². The highest BCUT2D eigenvalue weighted by Crippen LogP contribution is 2.20. The molecule has 2 heteroatoms. The molecule has 0 saturated heterocycles. The summed E-state index contributed by atoms with van der Waals surface area (Å²) >= 11 is 0. The molecule has 0 saturated carbocycles. The molecule has 0 amide bonds. The first-order chi connectivity index (χ1) is 8.42. The van der Waals surface area contributed by atoms with Crippen molar-refractivity contribution >= 4 is 0 Å². The Morgan fingerprint density at radius 2 is 2.00 bits per heavy atom. The monoisotopic (exact) mass is 247 g/mol. The summed E-state index contributed by atoms with van der Waals surface area (Å²) in [4.78, 5) is 0. The minimum atomic E-state index is 0.115. The predicted octanol–water partition coefficient (Wildman–Crippen LogP) is 3.84. The summed E-state index contributed by atoms with van der Waals surface area (Å²) in [6.07, 6.45) is 4.02. The van der Waals surface area contributed by atoms with E-state index in [9.17, 15) is 0 Å². The number of nitrogens with one attached hydrogen (secondary N) is 1. The van der Waals surface area contributed by atoms with E-state index in [1.165, 1.54) is 11.1 Å². The van der Waals surface area contributed by atoms with E-state index in [4.69, 9.17) is 4.74 Å². The molecule has 0 fully saturated rings. The van der Waals surface area contributed by atoms with E-state index in [1.807, 2.05) is 19.1 Å². The van der Waals surface area contributed by atoms with Crippen LogP contribution in [0.3, 0.4) is 0 Å². The maximum Gasteiger partial charge on any atom is 0.124 e. The standard InChI is InChI=1S/C16H25NO/c1-6-7-10-18-15-9-8-13(2)11-14(15)12-17-16(3,4)5/h6-9,11,17H,10,12H2,1-5H3. The average Bonchev–Trinajstić information content (AvgIpc) is 2.28. The van der Waals surface area contributed by atoms with Crippen molar-refractivity contribution in [2.24, 2.45) is 0 Å². The molecular formula is C16H25NO. The van der Waals surface area contributed by atoms with Crippen LogP contribution in [-0.2, 0) is 6.54 Å². The highest BCUT2D eigenvalue weighted by Gasteiger charge is 2.11. The van der Waals surface area contributed by atoms with Crippen molar-refractivity contribution in [3.05, 3.63) is 41.5 Å². The summed E-state index contributed by atoms with van der Waals surface area (Å²) in [7, 11) is 0. The number of ether oxygens (including phenoxy) is 1. The SMILES string of the molecule is CC=CCOc1ccc(C)cc1CNC(C)(C)C. The van der Waals surface area contributed by atoms with Crippen LogP contribution in [0.1, 0.15) is 38.8 Å². The fourth-order valence-corrected chi connectivity index (χ4v) is 1.58. The van der Waals surface area contributed by atoms with Crippen LogP contribution in [0.5, 0.6) is 5.75 Å². The summed E-state index contributed by atoms with van der Waals surface area (Å²) in [5.41, 5.74) is 2.60. The Morgan fingerprint density at radius 3 is 2.61 bits per heavy atom.